The highest BCUT2D eigenvalue weighted by Gasteiger charge is 2.13. The summed E-state index contributed by atoms with van der Waals surface area (Å²) in [6.07, 6.45) is 0.993. The number of hydrogen-bond donors (Lipinski definition) is 2. The van der Waals surface area contributed by atoms with Crippen molar-refractivity contribution in [3.05, 3.63) is 36.0 Å². The molecule has 2 N–H and O–H groups in total. The molecule has 0 saturated carbocycles. The van der Waals surface area contributed by atoms with E-state index in [2.05, 4.69) is 14.8 Å². The summed E-state index contributed by atoms with van der Waals surface area (Å²) < 4.78 is 14.3. The summed E-state index contributed by atoms with van der Waals surface area (Å²) in [6, 6.07) is 6.69. The van der Waals surface area contributed by atoms with E-state index in [4.69, 9.17) is 9.84 Å². The Labute approximate surface area is 122 Å². The molecule has 0 unspecified atom stereocenters. The second kappa shape index (κ2) is 8.60. The Hall–Kier alpha value is -2.54. The zero-order valence-electron chi connectivity index (χ0n) is 11.8. The lowest BCUT2D eigenvalue weighted by molar-refractivity contribution is -0.138. The fourth-order valence-electron chi connectivity index (χ4n) is 1.42. The molecule has 0 fully saturated rings. The third-order valence-corrected chi connectivity index (χ3v) is 2.34. The van der Waals surface area contributed by atoms with Gasteiger partial charge in [0.2, 0.25) is 0 Å². The Kier molecular flexibility index (Phi) is 6.76. The molecular formula is C14H17NO6. The molecule has 0 atom stereocenters. The molecule has 114 valence electrons. The fourth-order valence-corrected chi connectivity index (χ4v) is 1.42. The number of carbonyl (C=O) groups is 2. The highest BCUT2D eigenvalue weighted by Crippen LogP contribution is 2.19. The lowest BCUT2D eigenvalue weighted by Gasteiger charge is -2.10. The van der Waals surface area contributed by atoms with Crippen LogP contribution in [0.3, 0.4) is 0 Å². The minimum Gasteiger partial charge on any atom is -0.491 e. The van der Waals surface area contributed by atoms with Crippen LogP contribution in [0.25, 0.3) is 0 Å². The molecule has 7 nitrogen and oxygen atoms in total. The third-order valence-electron chi connectivity index (χ3n) is 2.34. The molecule has 0 radical (unpaired) electrons. The predicted octanol–water partition coefficient (Wildman–Crippen LogP) is 0.699. The van der Waals surface area contributed by atoms with Gasteiger partial charge in [0.25, 0.3) is 0 Å². The molecule has 0 aliphatic heterocycles. The average molecular weight is 295 g/mol. The molecular weight excluding hydrogens is 278 g/mol. The molecule has 7 heteroatoms. The van der Waals surface area contributed by atoms with E-state index in [1.165, 1.54) is 14.2 Å². The van der Waals surface area contributed by atoms with Crippen molar-refractivity contribution in [2.24, 2.45) is 0 Å². The molecule has 0 aromatic heterocycles. The second-order valence-corrected chi connectivity index (χ2v) is 3.80. The number of aliphatic hydroxyl groups excluding tert-OH is 1. The molecule has 1 rings (SSSR count). The van der Waals surface area contributed by atoms with Crippen LogP contribution < -0.4 is 10.1 Å². The first kappa shape index (κ1) is 16.5. The Bertz CT molecular complexity index is 526. The second-order valence-electron chi connectivity index (χ2n) is 3.80. The minimum atomic E-state index is -0.706. The van der Waals surface area contributed by atoms with Gasteiger partial charge in [-0.2, -0.15) is 0 Å². The van der Waals surface area contributed by atoms with Gasteiger partial charge in [0.05, 0.1) is 26.9 Å². The Morgan fingerprint density at radius 3 is 2.67 bits per heavy atom. The highest BCUT2D eigenvalue weighted by molar-refractivity contribution is 5.98. The molecule has 1 aromatic rings. The first-order chi connectivity index (χ1) is 10.1. The molecule has 21 heavy (non-hydrogen) atoms. The Morgan fingerprint density at radius 2 is 2.05 bits per heavy atom. The van der Waals surface area contributed by atoms with Gasteiger partial charge in [-0.15, -0.1) is 0 Å². The van der Waals surface area contributed by atoms with Gasteiger partial charge in [0.15, 0.2) is 0 Å². The zero-order valence-corrected chi connectivity index (χ0v) is 11.8. The van der Waals surface area contributed by atoms with Crippen molar-refractivity contribution in [1.82, 2.24) is 0 Å². The van der Waals surface area contributed by atoms with Gasteiger partial charge in [0.1, 0.15) is 18.1 Å². The summed E-state index contributed by atoms with van der Waals surface area (Å²) in [4.78, 5) is 22.8. The highest BCUT2D eigenvalue weighted by atomic mass is 16.5. The van der Waals surface area contributed by atoms with Crippen LogP contribution in [0.15, 0.2) is 36.0 Å². The standard InChI is InChI=1S/C14H17NO6/c1-19-13(17)9-12(14(18)20-2)15-10-4-3-5-11(8-10)21-7-6-16/h3-5,8-9,15-16H,6-7H2,1-2H3/b12-9+. The number of ether oxygens (including phenoxy) is 3. The summed E-state index contributed by atoms with van der Waals surface area (Å²) in [6.45, 7) is 0.0542. The molecule has 0 aliphatic carbocycles. The summed E-state index contributed by atoms with van der Waals surface area (Å²) in [5.41, 5.74) is 0.453. The maximum absolute atomic E-state index is 11.6. The maximum atomic E-state index is 11.6. The van der Waals surface area contributed by atoms with E-state index in [1.807, 2.05) is 0 Å². The molecule has 0 bridgehead atoms. The van der Waals surface area contributed by atoms with Crippen molar-refractivity contribution in [2.75, 3.05) is 32.8 Å². The largest absolute Gasteiger partial charge is 0.491 e. The summed E-state index contributed by atoms with van der Waals surface area (Å²) >= 11 is 0. The number of esters is 2. The van der Waals surface area contributed by atoms with Crippen LogP contribution >= 0.6 is 0 Å². The lowest BCUT2D eigenvalue weighted by Crippen LogP contribution is -2.15. The number of hydrogen-bond acceptors (Lipinski definition) is 7. The Morgan fingerprint density at radius 1 is 1.29 bits per heavy atom. The third kappa shape index (κ3) is 5.53. The van der Waals surface area contributed by atoms with Crippen molar-refractivity contribution in [3.8, 4) is 5.75 Å². The lowest BCUT2D eigenvalue weighted by atomic mass is 10.2. The van der Waals surface area contributed by atoms with Crippen molar-refractivity contribution in [1.29, 1.82) is 0 Å². The number of nitrogens with one attached hydrogen (secondary N) is 1. The van der Waals surface area contributed by atoms with E-state index in [-0.39, 0.29) is 18.9 Å². The number of methoxy groups -OCH3 is 2. The Balaban J connectivity index is 2.90. The topological polar surface area (TPSA) is 94.1 Å². The normalized spacial score (nSPS) is 10.7. The van der Waals surface area contributed by atoms with E-state index in [0.717, 1.165) is 6.08 Å². The van der Waals surface area contributed by atoms with Gasteiger partial charge in [-0.25, -0.2) is 9.59 Å². The predicted molar refractivity (Wildman–Crippen MR) is 74.8 cm³/mol. The van der Waals surface area contributed by atoms with Crippen LogP contribution in [0, 0.1) is 0 Å². The minimum absolute atomic E-state index is 0.0661. The molecule has 0 saturated heterocycles. The maximum Gasteiger partial charge on any atom is 0.354 e. The van der Waals surface area contributed by atoms with Gasteiger partial charge in [-0.3, -0.25) is 0 Å². The van der Waals surface area contributed by atoms with Crippen molar-refractivity contribution in [2.45, 2.75) is 0 Å². The van der Waals surface area contributed by atoms with E-state index < -0.39 is 11.9 Å². The first-order valence-electron chi connectivity index (χ1n) is 6.09. The van der Waals surface area contributed by atoms with Gasteiger partial charge < -0.3 is 24.6 Å². The zero-order chi connectivity index (χ0) is 15.7. The quantitative estimate of drug-likeness (QED) is 0.565. The average Bonchev–Trinajstić information content (AvgIpc) is 2.51. The summed E-state index contributed by atoms with van der Waals surface area (Å²) in [7, 11) is 2.41. The van der Waals surface area contributed by atoms with Gasteiger partial charge in [-0.1, -0.05) is 6.07 Å². The number of carbonyl (C=O) groups excluding carboxylic acids is 2. The van der Waals surface area contributed by atoms with E-state index in [9.17, 15) is 9.59 Å². The van der Waals surface area contributed by atoms with Gasteiger partial charge in [0, 0.05) is 11.8 Å². The van der Waals surface area contributed by atoms with E-state index >= 15 is 0 Å². The van der Waals surface area contributed by atoms with Crippen LogP contribution in [0.4, 0.5) is 5.69 Å². The summed E-state index contributed by atoms with van der Waals surface area (Å²) in [5, 5.41) is 11.5. The van der Waals surface area contributed by atoms with Crippen LogP contribution in [0.2, 0.25) is 0 Å². The molecule has 0 aliphatic rings. The number of rotatable bonds is 7. The molecule has 1 aromatic carbocycles. The van der Waals surface area contributed by atoms with Crippen LogP contribution in [0.1, 0.15) is 0 Å². The number of benzene rings is 1. The first-order valence-corrected chi connectivity index (χ1v) is 6.09. The SMILES string of the molecule is COC(=O)/C=C(/Nc1cccc(OCCO)c1)C(=O)OC. The monoisotopic (exact) mass is 295 g/mol. The summed E-state index contributed by atoms with van der Waals surface area (Å²) in [5.74, 6) is -0.881. The van der Waals surface area contributed by atoms with Crippen molar-refractivity contribution < 1.29 is 28.9 Å². The van der Waals surface area contributed by atoms with Crippen molar-refractivity contribution >= 4 is 17.6 Å². The van der Waals surface area contributed by atoms with Crippen LogP contribution in [0.5, 0.6) is 5.75 Å². The van der Waals surface area contributed by atoms with Crippen LogP contribution in [-0.4, -0.2) is 44.5 Å². The van der Waals surface area contributed by atoms with Gasteiger partial charge >= 0.3 is 11.9 Å². The van der Waals surface area contributed by atoms with Gasteiger partial charge in [-0.05, 0) is 12.1 Å². The van der Waals surface area contributed by atoms with Crippen LogP contribution in [-0.2, 0) is 19.1 Å². The van der Waals surface area contributed by atoms with Crippen molar-refractivity contribution in [3.63, 3.8) is 0 Å². The van der Waals surface area contributed by atoms with E-state index in [1.54, 1.807) is 24.3 Å². The fraction of sp³-hybridized carbons (Fsp3) is 0.286. The van der Waals surface area contributed by atoms with E-state index in [0.29, 0.717) is 11.4 Å². The molecule has 0 spiro atoms. The smallest absolute Gasteiger partial charge is 0.354 e. The molecule has 0 heterocycles. The molecule has 0 amide bonds. The number of aliphatic hydroxyl groups is 1. The number of anilines is 1.